The summed E-state index contributed by atoms with van der Waals surface area (Å²) in [5.74, 6) is -0.736. The van der Waals surface area contributed by atoms with Gasteiger partial charge in [0.05, 0.1) is 0 Å². The van der Waals surface area contributed by atoms with Crippen LogP contribution in [0.3, 0.4) is 0 Å². The molecular formula is C12H15BrFNO2S2. The largest absolute Gasteiger partial charge is 0.243 e. The van der Waals surface area contributed by atoms with Crippen LogP contribution in [0.15, 0.2) is 27.6 Å². The van der Waals surface area contributed by atoms with Crippen molar-refractivity contribution in [2.24, 2.45) is 0 Å². The average Bonchev–Trinajstić information content (AvgIpc) is 2.74. The van der Waals surface area contributed by atoms with Crippen molar-refractivity contribution >= 4 is 37.7 Å². The lowest BCUT2D eigenvalue weighted by Gasteiger charge is -2.19. The van der Waals surface area contributed by atoms with E-state index in [1.165, 1.54) is 12.1 Å². The van der Waals surface area contributed by atoms with E-state index in [2.05, 4.69) is 20.7 Å². The van der Waals surface area contributed by atoms with Crippen molar-refractivity contribution in [2.45, 2.75) is 35.4 Å². The zero-order chi connectivity index (χ0) is 14.0. The van der Waals surface area contributed by atoms with Crippen LogP contribution in [0.25, 0.3) is 0 Å². The third-order valence-electron chi connectivity index (χ3n) is 3.25. The Morgan fingerprint density at radius 1 is 1.42 bits per heavy atom. The van der Waals surface area contributed by atoms with Gasteiger partial charge in [-0.2, -0.15) is 11.8 Å². The van der Waals surface area contributed by atoms with Crippen LogP contribution in [0.4, 0.5) is 4.39 Å². The molecule has 106 valence electrons. The normalized spacial score (nSPS) is 23.7. The summed E-state index contributed by atoms with van der Waals surface area (Å²) in [4.78, 5) is -0.289. The molecule has 0 spiro atoms. The lowest BCUT2D eigenvalue weighted by atomic mass is 10.3. The van der Waals surface area contributed by atoms with Gasteiger partial charge in [-0.15, -0.1) is 0 Å². The van der Waals surface area contributed by atoms with Gasteiger partial charge in [0, 0.05) is 15.8 Å². The summed E-state index contributed by atoms with van der Waals surface area (Å²) in [5, 5.41) is 0.272. The third kappa shape index (κ3) is 3.51. The molecule has 1 N–H and O–H groups in total. The predicted molar refractivity (Wildman–Crippen MR) is 79.4 cm³/mol. The summed E-state index contributed by atoms with van der Waals surface area (Å²) in [7, 11) is -3.79. The van der Waals surface area contributed by atoms with Crippen molar-refractivity contribution < 1.29 is 12.8 Å². The summed E-state index contributed by atoms with van der Waals surface area (Å²) in [6, 6.07) is 3.86. The minimum Gasteiger partial charge on any atom is -0.207 e. The molecule has 1 saturated carbocycles. The second kappa shape index (κ2) is 6.11. The fourth-order valence-electron chi connectivity index (χ4n) is 2.30. The predicted octanol–water partition coefficient (Wildman–Crippen LogP) is 3.15. The fourth-order valence-corrected chi connectivity index (χ4v) is 5.02. The number of hydrogen-bond donors (Lipinski definition) is 1. The molecule has 2 atom stereocenters. The minimum absolute atomic E-state index is 0.108. The molecule has 0 aromatic heterocycles. The van der Waals surface area contributed by atoms with E-state index in [4.69, 9.17) is 0 Å². The molecule has 0 radical (unpaired) electrons. The third-order valence-corrected chi connectivity index (χ3v) is 6.43. The maximum Gasteiger partial charge on any atom is 0.243 e. The van der Waals surface area contributed by atoms with Crippen molar-refractivity contribution in [2.75, 3.05) is 6.26 Å². The lowest BCUT2D eigenvalue weighted by molar-refractivity contribution is 0.538. The van der Waals surface area contributed by atoms with E-state index in [0.29, 0.717) is 4.47 Å². The summed E-state index contributed by atoms with van der Waals surface area (Å²) < 4.78 is 41.3. The number of nitrogens with one attached hydrogen (secondary N) is 1. The van der Waals surface area contributed by atoms with E-state index in [-0.39, 0.29) is 16.2 Å². The highest BCUT2D eigenvalue weighted by Crippen LogP contribution is 2.30. The zero-order valence-corrected chi connectivity index (χ0v) is 13.6. The Kier molecular flexibility index (Phi) is 4.92. The number of benzene rings is 1. The summed E-state index contributed by atoms with van der Waals surface area (Å²) in [6.45, 7) is 0. The Labute approximate surface area is 125 Å². The van der Waals surface area contributed by atoms with E-state index in [1.807, 2.05) is 6.26 Å². The standard InChI is InChI=1S/C12H15BrFNO2S2/c1-18-11-4-2-3-10(11)15-19(16,17)12-6-5-8(13)7-9(12)14/h5-7,10-11,15H,2-4H2,1H3. The van der Waals surface area contributed by atoms with Crippen molar-refractivity contribution in [3.63, 3.8) is 0 Å². The van der Waals surface area contributed by atoms with E-state index >= 15 is 0 Å². The Morgan fingerprint density at radius 3 is 2.79 bits per heavy atom. The van der Waals surface area contributed by atoms with E-state index in [0.717, 1.165) is 25.3 Å². The molecule has 1 fully saturated rings. The smallest absolute Gasteiger partial charge is 0.207 e. The topological polar surface area (TPSA) is 46.2 Å². The van der Waals surface area contributed by atoms with Gasteiger partial charge in [0.2, 0.25) is 10.0 Å². The number of thioether (sulfide) groups is 1. The monoisotopic (exact) mass is 367 g/mol. The number of halogens is 2. The molecule has 0 heterocycles. The first kappa shape index (κ1) is 15.3. The lowest BCUT2D eigenvalue weighted by Crippen LogP contribution is -2.38. The Hall–Kier alpha value is -0.110. The molecular weight excluding hydrogens is 353 g/mol. The second-order valence-electron chi connectivity index (χ2n) is 4.51. The quantitative estimate of drug-likeness (QED) is 0.888. The molecule has 1 aliphatic carbocycles. The zero-order valence-electron chi connectivity index (χ0n) is 10.4. The summed E-state index contributed by atoms with van der Waals surface area (Å²) in [5.41, 5.74) is 0. The van der Waals surface area contributed by atoms with Crippen LogP contribution in [-0.2, 0) is 10.0 Å². The van der Waals surface area contributed by atoms with Gasteiger partial charge < -0.3 is 0 Å². The maximum atomic E-state index is 13.7. The van der Waals surface area contributed by atoms with Crippen LogP contribution in [0.2, 0.25) is 0 Å². The summed E-state index contributed by atoms with van der Waals surface area (Å²) in [6.07, 6.45) is 4.78. The molecule has 1 aliphatic rings. The highest BCUT2D eigenvalue weighted by Gasteiger charge is 2.31. The Balaban J connectivity index is 2.23. The van der Waals surface area contributed by atoms with Crippen LogP contribution < -0.4 is 4.72 Å². The molecule has 0 bridgehead atoms. The fraction of sp³-hybridized carbons (Fsp3) is 0.500. The van der Waals surface area contributed by atoms with Crippen LogP contribution in [0.5, 0.6) is 0 Å². The van der Waals surface area contributed by atoms with Gasteiger partial charge in [-0.3, -0.25) is 0 Å². The highest BCUT2D eigenvalue weighted by molar-refractivity contribution is 9.10. The number of hydrogen-bond acceptors (Lipinski definition) is 3. The first-order valence-corrected chi connectivity index (χ1v) is 9.50. The molecule has 7 heteroatoms. The minimum atomic E-state index is -3.79. The number of sulfonamides is 1. The van der Waals surface area contributed by atoms with Crippen LogP contribution in [0, 0.1) is 5.82 Å². The van der Waals surface area contributed by atoms with Gasteiger partial charge in [-0.25, -0.2) is 17.5 Å². The molecule has 3 nitrogen and oxygen atoms in total. The molecule has 19 heavy (non-hydrogen) atoms. The Morgan fingerprint density at radius 2 is 2.16 bits per heavy atom. The maximum absolute atomic E-state index is 13.7. The molecule has 2 unspecified atom stereocenters. The molecule has 0 aliphatic heterocycles. The van der Waals surface area contributed by atoms with E-state index < -0.39 is 15.8 Å². The average molecular weight is 368 g/mol. The van der Waals surface area contributed by atoms with Crippen molar-refractivity contribution in [1.29, 1.82) is 0 Å². The van der Waals surface area contributed by atoms with Gasteiger partial charge in [-0.1, -0.05) is 22.4 Å². The first-order valence-electron chi connectivity index (χ1n) is 5.94. The SMILES string of the molecule is CSC1CCCC1NS(=O)(=O)c1ccc(Br)cc1F. The van der Waals surface area contributed by atoms with Gasteiger partial charge in [0.15, 0.2) is 0 Å². The molecule has 0 amide bonds. The Bertz CT molecular complexity index is 565. The van der Waals surface area contributed by atoms with Crippen molar-refractivity contribution in [1.82, 2.24) is 4.72 Å². The van der Waals surface area contributed by atoms with Gasteiger partial charge >= 0.3 is 0 Å². The van der Waals surface area contributed by atoms with E-state index in [1.54, 1.807) is 11.8 Å². The van der Waals surface area contributed by atoms with Crippen molar-refractivity contribution in [3.8, 4) is 0 Å². The van der Waals surface area contributed by atoms with Crippen molar-refractivity contribution in [3.05, 3.63) is 28.5 Å². The van der Waals surface area contributed by atoms with Gasteiger partial charge in [-0.05, 0) is 37.3 Å². The second-order valence-corrected chi connectivity index (χ2v) is 8.18. The number of rotatable bonds is 4. The van der Waals surface area contributed by atoms with Crippen LogP contribution >= 0.6 is 27.7 Å². The molecule has 1 aromatic rings. The molecule has 2 rings (SSSR count). The van der Waals surface area contributed by atoms with Crippen LogP contribution in [0.1, 0.15) is 19.3 Å². The van der Waals surface area contributed by atoms with E-state index in [9.17, 15) is 12.8 Å². The molecule has 0 saturated heterocycles. The van der Waals surface area contributed by atoms with Gasteiger partial charge in [0.25, 0.3) is 0 Å². The molecule has 1 aromatic carbocycles. The van der Waals surface area contributed by atoms with Crippen LogP contribution in [-0.4, -0.2) is 26.0 Å². The highest BCUT2D eigenvalue weighted by atomic mass is 79.9. The van der Waals surface area contributed by atoms with Gasteiger partial charge in [0.1, 0.15) is 10.7 Å². The first-order chi connectivity index (χ1) is 8.94. The summed E-state index contributed by atoms with van der Waals surface area (Å²) >= 11 is 4.77.